The highest BCUT2D eigenvalue weighted by molar-refractivity contribution is 5.44. The first kappa shape index (κ1) is 25.6. The van der Waals surface area contributed by atoms with E-state index in [1.165, 1.54) is 0 Å². The molecule has 4 N–H and O–H groups in total. The fourth-order valence-electron chi connectivity index (χ4n) is 3.80. The molecule has 0 aromatic carbocycles. The molecular weight excluding hydrogens is 481 g/mol. The number of pyridine rings is 1. The number of aliphatic hydroxyl groups is 1. The summed E-state index contributed by atoms with van der Waals surface area (Å²) in [5, 5.41) is 21.2. The number of aromatic nitrogens is 4. The van der Waals surface area contributed by atoms with Crippen LogP contribution < -0.4 is 25.4 Å². The second-order valence-corrected chi connectivity index (χ2v) is 8.85. The Morgan fingerprint density at radius 3 is 2.67 bits per heavy atom. The van der Waals surface area contributed by atoms with E-state index in [-0.39, 0.29) is 42.1 Å². The summed E-state index contributed by atoms with van der Waals surface area (Å²) in [6.45, 7) is 0.367. The molecule has 3 atom stereocenters. The summed E-state index contributed by atoms with van der Waals surface area (Å²) in [5.74, 6) is 0.985. The SMILES string of the molecule is N#C[C@@H]1C[C@@H]1COc1nc(C(O)NCC(F)(F)F)nc(N2CCC(COc3cccnc3N)CC2)n1. The van der Waals surface area contributed by atoms with Gasteiger partial charge < -0.3 is 25.2 Å². The van der Waals surface area contributed by atoms with Gasteiger partial charge in [0.15, 0.2) is 23.6 Å². The quantitative estimate of drug-likeness (QED) is 0.403. The third-order valence-electron chi connectivity index (χ3n) is 6.05. The van der Waals surface area contributed by atoms with Crippen LogP contribution in [0.1, 0.15) is 31.3 Å². The van der Waals surface area contributed by atoms with Gasteiger partial charge in [-0.2, -0.15) is 33.4 Å². The minimum atomic E-state index is -4.51. The van der Waals surface area contributed by atoms with Gasteiger partial charge in [-0.1, -0.05) is 0 Å². The molecule has 2 aromatic heterocycles. The number of halogens is 3. The fraction of sp³-hybridized carbons (Fsp3) is 0.591. The predicted molar refractivity (Wildman–Crippen MR) is 121 cm³/mol. The molecule has 1 saturated heterocycles. The van der Waals surface area contributed by atoms with E-state index in [0.29, 0.717) is 37.7 Å². The van der Waals surface area contributed by atoms with E-state index in [1.807, 2.05) is 10.2 Å². The van der Waals surface area contributed by atoms with E-state index in [0.717, 1.165) is 12.8 Å². The highest BCUT2D eigenvalue weighted by Crippen LogP contribution is 2.37. The lowest BCUT2D eigenvalue weighted by Crippen LogP contribution is -2.37. The molecule has 0 amide bonds. The summed E-state index contributed by atoms with van der Waals surface area (Å²) >= 11 is 0. The number of nitrogens with one attached hydrogen (secondary N) is 1. The number of nitrogen functional groups attached to an aromatic ring is 1. The highest BCUT2D eigenvalue weighted by Gasteiger charge is 2.38. The molecule has 4 rings (SSSR count). The van der Waals surface area contributed by atoms with Gasteiger partial charge in [0.1, 0.15) is 0 Å². The fourth-order valence-corrected chi connectivity index (χ4v) is 3.80. The molecule has 14 heteroatoms. The lowest BCUT2D eigenvalue weighted by molar-refractivity contribution is -0.131. The van der Waals surface area contributed by atoms with Crippen LogP contribution in [0.25, 0.3) is 0 Å². The normalized spacial score (nSPS) is 21.0. The van der Waals surface area contributed by atoms with E-state index < -0.39 is 18.9 Å². The molecule has 0 bridgehead atoms. The first-order valence-electron chi connectivity index (χ1n) is 11.6. The van der Waals surface area contributed by atoms with Crippen molar-refractivity contribution in [1.82, 2.24) is 25.3 Å². The molecule has 2 aliphatic rings. The Bertz CT molecular complexity index is 1080. The van der Waals surface area contributed by atoms with Crippen LogP contribution in [0.2, 0.25) is 0 Å². The number of hydrogen-bond acceptors (Lipinski definition) is 11. The maximum Gasteiger partial charge on any atom is 0.401 e. The number of piperidine rings is 1. The van der Waals surface area contributed by atoms with Gasteiger partial charge in [-0.25, -0.2) is 4.98 Å². The van der Waals surface area contributed by atoms with Crippen molar-refractivity contribution in [2.24, 2.45) is 17.8 Å². The van der Waals surface area contributed by atoms with Crippen molar-refractivity contribution in [3.63, 3.8) is 0 Å². The van der Waals surface area contributed by atoms with Crippen LogP contribution in [0, 0.1) is 29.1 Å². The van der Waals surface area contributed by atoms with Gasteiger partial charge in [0, 0.05) is 25.2 Å². The lowest BCUT2D eigenvalue weighted by Gasteiger charge is -2.32. The molecule has 11 nitrogen and oxygen atoms in total. The maximum absolute atomic E-state index is 12.6. The van der Waals surface area contributed by atoms with E-state index in [4.69, 9.17) is 20.5 Å². The second kappa shape index (κ2) is 11.1. The minimum absolute atomic E-state index is 0.0524. The molecule has 36 heavy (non-hydrogen) atoms. The van der Waals surface area contributed by atoms with Crippen LogP contribution in [0.5, 0.6) is 11.8 Å². The number of nitrogens with two attached hydrogens (primary N) is 1. The van der Waals surface area contributed by atoms with Crippen LogP contribution in [0.4, 0.5) is 24.9 Å². The Morgan fingerprint density at radius 1 is 1.22 bits per heavy atom. The van der Waals surface area contributed by atoms with E-state index >= 15 is 0 Å². The Hall–Kier alpha value is -3.44. The molecule has 2 fully saturated rings. The second-order valence-electron chi connectivity index (χ2n) is 8.85. The minimum Gasteiger partial charge on any atom is -0.489 e. The molecule has 1 aliphatic heterocycles. The van der Waals surface area contributed by atoms with Crippen molar-refractivity contribution < 1.29 is 27.8 Å². The number of alkyl halides is 3. The van der Waals surface area contributed by atoms with Crippen molar-refractivity contribution in [3.05, 3.63) is 24.2 Å². The maximum atomic E-state index is 12.6. The van der Waals surface area contributed by atoms with E-state index in [9.17, 15) is 18.3 Å². The van der Waals surface area contributed by atoms with Crippen LogP contribution in [0.3, 0.4) is 0 Å². The first-order valence-corrected chi connectivity index (χ1v) is 11.6. The third-order valence-corrected chi connectivity index (χ3v) is 6.05. The van der Waals surface area contributed by atoms with Gasteiger partial charge in [-0.15, -0.1) is 0 Å². The largest absolute Gasteiger partial charge is 0.489 e. The van der Waals surface area contributed by atoms with Gasteiger partial charge in [0.2, 0.25) is 5.95 Å². The molecule has 0 radical (unpaired) electrons. The standard InChI is InChI=1S/C22H27F3N8O3/c23-22(24,25)12-29-19(34)18-30-20(32-21(31-18)36-11-15-8-14(15)9-26)33-6-3-13(4-7-33)10-35-16-2-1-5-28-17(16)27/h1-2,5,13-15,19,29,34H,3-4,6-8,10-12H2,(H2,27,28)/t14-,15+,19?/m0/s1. The highest BCUT2D eigenvalue weighted by atomic mass is 19.4. The average Bonchev–Trinajstić information content (AvgIpc) is 3.64. The first-order chi connectivity index (χ1) is 17.2. The van der Waals surface area contributed by atoms with Crippen molar-refractivity contribution in [2.75, 3.05) is 43.5 Å². The predicted octanol–water partition coefficient (Wildman–Crippen LogP) is 1.83. The van der Waals surface area contributed by atoms with Gasteiger partial charge in [-0.05, 0) is 37.3 Å². The average molecular weight is 509 g/mol. The Balaban J connectivity index is 1.39. The zero-order chi connectivity index (χ0) is 25.7. The summed E-state index contributed by atoms with van der Waals surface area (Å²) in [5.41, 5.74) is 5.81. The summed E-state index contributed by atoms with van der Waals surface area (Å²) in [4.78, 5) is 18.4. The monoisotopic (exact) mass is 508 g/mol. The topological polar surface area (TPSA) is 155 Å². The number of anilines is 2. The molecule has 2 aromatic rings. The Morgan fingerprint density at radius 2 is 2.00 bits per heavy atom. The molecule has 1 saturated carbocycles. The Labute approximate surface area is 205 Å². The number of hydrogen-bond donors (Lipinski definition) is 3. The molecule has 1 unspecified atom stereocenters. The number of ether oxygens (including phenoxy) is 2. The van der Waals surface area contributed by atoms with Gasteiger partial charge >= 0.3 is 12.2 Å². The molecular formula is C22H27F3N8O3. The molecule has 1 aliphatic carbocycles. The van der Waals surface area contributed by atoms with Crippen LogP contribution in [0.15, 0.2) is 18.3 Å². The number of aliphatic hydroxyl groups excluding tert-OH is 1. The van der Waals surface area contributed by atoms with E-state index in [1.54, 1.807) is 18.3 Å². The third kappa shape index (κ3) is 7.05. The number of rotatable bonds is 10. The van der Waals surface area contributed by atoms with Crippen molar-refractivity contribution in [3.8, 4) is 17.8 Å². The summed E-state index contributed by atoms with van der Waals surface area (Å²) < 4.78 is 49.2. The van der Waals surface area contributed by atoms with Gasteiger partial charge in [-0.3, -0.25) is 5.32 Å². The summed E-state index contributed by atoms with van der Waals surface area (Å²) in [6, 6.07) is 5.55. The molecule has 194 valence electrons. The number of nitrogens with zero attached hydrogens (tertiary/aromatic N) is 6. The van der Waals surface area contributed by atoms with Crippen molar-refractivity contribution in [2.45, 2.75) is 31.7 Å². The summed E-state index contributed by atoms with van der Waals surface area (Å²) in [7, 11) is 0. The van der Waals surface area contributed by atoms with Gasteiger partial charge in [0.05, 0.1) is 31.7 Å². The zero-order valence-electron chi connectivity index (χ0n) is 19.4. The van der Waals surface area contributed by atoms with Crippen LogP contribution in [-0.4, -0.2) is 64.1 Å². The Kier molecular flexibility index (Phi) is 7.90. The van der Waals surface area contributed by atoms with Crippen molar-refractivity contribution >= 4 is 11.8 Å². The molecule has 0 spiro atoms. The van der Waals surface area contributed by atoms with Crippen LogP contribution >= 0.6 is 0 Å². The molecule has 3 heterocycles. The van der Waals surface area contributed by atoms with E-state index in [2.05, 4.69) is 26.0 Å². The lowest BCUT2D eigenvalue weighted by atomic mass is 9.98. The van der Waals surface area contributed by atoms with Crippen LogP contribution in [-0.2, 0) is 0 Å². The summed E-state index contributed by atoms with van der Waals surface area (Å²) in [6.07, 6.45) is -2.49. The van der Waals surface area contributed by atoms with Crippen molar-refractivity contribution in [1.29, 1.82) is 5.26 Å². The number of nitriles is 1. The van der Waals surface area contributed by atoms with Gasteiger partial charge in [0.25, 0.3) is 0 Å². The smallest absolute Gasteiger partial charge is 0.401 e. The zero-order valence-corrected chi connectivity index (χ0v) is 19.4.